The standard InChI is InChI=1S/2C4H8.C3H8O.CH4/c2*1-4(2)3;1-3(2)4;/h2*1H2,2-3H3;3-4H,1-2H3;1H4. The van der Waals surface area contributed by atoms with Crippen molar-refractivity contribution in [2.24, 2.45) is 0 Å². The van der Waals surface area contributed by atoms with Crippen LogP contribution >= 0.6 is 0 Å². The van der Waals surface area contributed by atoms with Crippen molar-refractivity contribution in [1.29, 1.82) is 0 Å². The molecule has 0 atom stereocenters. The topological polar surface area (TPSA) is 20.2 Å². The second kappa shape index (κ2) is 17.5. The van der Waals surface area contributed by atoms with Gasteiger partial charge in [0.05, 0.1) is 0 Å². The predicted molar refractivity (Wildman–Crippen MR) is 65.1 cm³/mol. The summed E-state index contributed by atoms with van der Waals surface area (Å²) in [5, 5.41) is 8.06. The molecule has 0 aromatic heterocycles. The molecule has 1 nitrogen and oxygen atoms in total. The molecule has 0 amide bonds. The highest BCUT2D eigenvalue weighted by Crippen LogP contribution is 1.74. The maximum atomic E-state index is 8.06. The summed E-state index contributed by atoms with van der Waals surface area (Å²) < 4.78 is 0. The highest BCUT2D eigenvalue weighted by Gasteiger charge is 1.69. The molecule has 82 valence electrons. The van der Waals surface area contributed by atoms with E-state index in [9.17, 15) is 0 Å². The van der Waals surface area contributed by atoms with Gasteiger partial charge in [0.25, 0.3) is 0 Å². The van der Waals surface area contributed by atoms with Crippen molar-refractivity contribution in [3.63, 3.8) is 0 Å². The van der Waals surface area contributed by atoms with Crippen molar-refractivity contribution < 1.29 is 5.11 Å². The Kier molecular flexibility index (Phi) is 30.8. The number of allylic oxidation sites excluding steroid dienone is 2. The molecular formula is C12H28O. The summed E-state index contributed by atoms with van der Waals surface area (Å²) in [7, 11) is 0. The summed E-state index contributed by atoms with van der Waals surface area (Å²) >= 11 is 0. The van der Waals surface area contributed by atoms with Crippen LogP contribution in [0.3, 0.4) is 0 Å². The van der Waals surface area contributed by atoms with Gasteiger partial charge in [0, 0.05) is 6.10 Å². The smallest absolute Gasteiger partial charge is 0.0483 e. The Bertz CT molecular complexity index is 89.5. The number of hydrogen-bond acceptors (Lipinski definition) is 1. The molecule has 13 heavy (non-hydrogen) atoms. The molecule has 1 N–H and O–H groups in total. The summed E-state index contributed by atoms with van der Waals surface area (Å²) in [6.45, 7) is 18.4. The highest BCUT2D eigenvalue weighted by molar-refractivity contribution is 4.79. The van der Waals surface area contributed by atoms with E-state index < -0.39 is 0 Å². The van der Waals surface area contributed by atoms with E-state index in [1.165, 1.54) is 11.1 Å². The van der Waals surface area contributed by atoms with Gasteiger partial charge < -0.3 is 5.11 Å². The van der Waals surface area contributed by atoms with Crippen LogP contribution in [-0.2, 0) is 0 Å². The summed E-state index contributed by atoms with van der Waals surface area (Å²) in [5.74, 6) is 0. The molecule has 0 saturated heterocycles. The van der Waals surface area contributed by atoms with E-state index in [-0.39, 0.29) is 13.5 Å². The number of aliphatic hydroxyl groups is 1. The molecule has 0 rings (SSSR count). The lowest BCUT2D eigenvalue weighted by molar-refractivity contribution is 0.216. The zero-order chi connectivity index (χ0) is 10.7. The summed E-state index contributed by atoms with van der Waals surface area (Å²) in [6, 6.07) is 0. The number of hydrogen-bond donors (Lipinski definition) is 1. The maximum absolute atomic E-state index is 8.06. The third kappa shape index (κ3) is 3250. The van der Waals surface area contributed by atoms with Crippen molar-refractivity contribution in [2.45, 2.75) is 55.1 Å². The Balaban J connectivity index is -0.0000000450. The fourth-order valence-corrected chi connectivity index (χ4v) is 0. The van der Waals surface area contributed by atoms with Crippen LogP contribution in [0.2, 0.25) is 0 Å². The molecule has 0 heterocycles. The van der Waals surface area contributed by atoms with Crippen molar-refractivity contribution in [2.75, 3.05) is 0 Å². The Morgan fingerprint density at radius 2 is 0.923 bits per heavy atom. The van der Waals surface area contributed by atoms with Crippen molar-refractivity contribution in [1.82, 2.24) is 0 Å². The molecule has 0 unspecified atom stereocenters. The Labute approximate surface area is 85.2 Å². The van der Waals surface area contributed by atoms with Gasteiger partial charge in [-0.3, -0.25) is 0 Å². The zero-order valence-electron chi connectivity index (χ0n) is 9.44. The largest absolute Gasteiger partial charge is 0.394 e. The first-order valence-electron chi connectivity index (χ1n) is 4.12. The number of aliphatic hydroxyl groups excluding tert-OH is 1. The van der Waals surface area contributed by atoms with E-state index in [2.05, 4.69) is 13.2 Å². The second-order valence-corrected chi connectivity index (χ2v) is 3.51. The zero-order valence-corrected chi connectivity index (χ0v) is 9.44. The van der Waals surface area contributed by atoms with Gasteiger partial charge in [0.2, 0.25) is 0 Å². The fraction of sp³-hybridized carbons (Fsp3) is 0.667. The molecule has 0 fully saturated rings. The number of rotatable bonds is 0. The maximum Gasteiger partial charge on any atom is 0.0483 e. The average Bonchev–Trinajstić information content (AvgIpc) is 1.54. The summed E-state index contributed by atoms with van der Waals surface area (Å²) in [4.78, 5) is 0. The predicted octanol–water partition coefficient (Wildman–Crippen LogP) is 4.19. The van der Waals surface area contributed by atoms with Crippen LogP contribution in [0.5, 0.6) is 0 Å². The van der Waals surface area contributed by atoms with E-state index in [4.69, 9.17) is 5.11 Å². The quantitative estimate of drug-likeness (QED) is 0.565. The normalized spacial score (nSPS) is 6.77. The Morgan fingerprint density at radius 1 is 0.923 bits per heavy atom. The average molecular weight is 188 g/mol. The first-order chi connectivity index (χ1) is 5.20. The minimum atomic E-state index is -0.167. The van der Waals surface area contributed by atoms with Crippen LogP contribution < -0.4 is 0 Å². The molecule has 0 aromatic carbocycles. The van der Waals surface area contributed by atoms with Crippen molar-refractivity contribution in [3.8, 4) is 0 Å². The summed E-state index contributed by atoms with van der Waals surface area (Å²) in [6.07, 6.45) is -0.167. The molecule has 0 spiro atoms. The summed E-state index contributed by atoms with van der Waals surface area (Å²) in [5.41, 5.74) is 2.33. The van der Waals surface area contributed by atoms with Gasteiger partial charge >= 0.3 is 0 Å². The molecule has 0 radical (unpaired) electrons. The van der Waals surface area contributed by atoms with Crippen LogP contribution in [0.4, 0.5) is 0 Å². The molecule has 0 aliphatic heterocycles. The van der Waals surface area contributed by atoms with Gasteiger partial charge in [0.15, 0.2) is 0 Å². The van der Waals surface area contributed by atoms with Gasteiger partial charge in [0.1, 0.15) is 0 Å². The van der Waals surface area contributed by atoms with Crippen LogP contribution in [0.1, 0.15) is 49.0 Å². The van der Waals surface area contributed by atoms with E-state index in [0.29, 0.717) is 0 Å². The molecule has 0 aliphatic rings. The van der Waals surface area contributed by atoms with Gasteiger partial charge in [-0.25, -0.2) is 0 Å². The first kappa shape index (κ1) is 22.9. The molecular weight excluding hydrogens is 160 g/mol. The van der Waals surface area contributed by atoms with Crippen LogP contribution in [-0.4, -0.2) is 11.2 Å². The Morgan fingerprint density at radius 3 is 0.923 bits per heavy atom. The highest BCUT2D eigenvalue weighted by atomic mass is 16.3. The second-order valence-electron chi connectivity index (χ2n) is 3.51. The van der Waals surface area contributed by atoms with Crippen LogP contribution in [0.15, 0.2) is 24.3 Å². The lowest BCUT2D eigenvalue weighted by atomic mass is 10.4. The Hall–Kier alpha value is -0.560. The molecule has 0 bridgehead atoms. The van der Waals surface area contributed by atoms with Gasteiger partial charge in [-0.15, -0.1) is 13.2 Å². The van der Waals surface area contributed by atoms with Crippen molar-refractivity contribution in [3.05, 3.63) is 24.3 Å². The van der Waals surface area contributed by atoms with E-state index >= 15 is 0 Å². The minimum Gasteiger partial charge on any atom is -0.394 e. The van der Waals surface area contributed by atoms with E-state index in [0.717, 1.165) is 0 Å². The van der Waals surface area contributed by atoms with E-state index in [1.807, 2.05) is 27.7 Å². The van der Waals surface area contributed by atoms with Gasteiger partial charge in [-0.1, -0.05) is 18.6 Å². The van der Waals surface area contributed by atoms with Gasteiger partial charge in [-0.05, 0) is 41.5 Å². The van der Waals surface area contributed by atoms with Crippen LogP contribution in [0, 0.1) is 0 Å². The molecule has 0 saturated carbocycles. The lowest BCUT2D eigenvalue weighted by Crippen LogP contribution is -1.85. The van der Waals surface area contributed by atoms with Crippen LogP contribution in [0.25, 0.3) is 0 Å². The first-order valence-corrected chi connectivity index (χ1v) is 4.12. The minimum absolute atomic E-state index is 0. The third-order valence-corrected chi connectivity index (χ3v) is 0. The van der Waals surface area contributed by atoms with Gasteiger partial charge in [-0.2, -0.15) is 0 Å². The molecule has 1 heteroatoms. The third-order valence-electron chi connectivity index (χ3n) is 0. The SMILES string of the molecule is C.C=C(C)C.C=C(C)C.CC(C)O. The lowest BCUT2D eigenvalue weighted by Gasteiger charge is -1.80. The van der Waals surface area contributed by atoms with Crippen molar-refractivity contribution >= 4 is 0 Å². The molecule has 0 aromatic rings. The molecule has 0 aliphatic carbocycles. The fourth-order valence-electron chi connectivity index (χ4n) is 0. The van der Waals surface area contributed by atoms with E-state index in [1.54, 1.807) is 13.8 Å². The monoisotopic (exact) mass is 188 g/mol.